The molecule has 0 saturated heterocycles. The lowest BCUT2D eigenvalue weighted by Gasteiger charge is -2.21. The minimum Gasteiger partial charge on any atom is -0.497 e. The fourth-order valence-corrected chi connectivity index (χ4v) is 3.77. The summed E-state index contributed by atoms with van der Waals surface area (Å²) in [7, 11) is 1.66. The molecule has 160 valence electrons. The SMILES string of the molecule is CCCN(Cc1ccc(OC)cc1)Cc1cc(=O)n2[nH]c(-c3ccc(Cl)cc3)cc2n1. The van der Waals surface area contributed by atoms with Crippen LogP contribution in [-0.4, -0.2) is 33.2 Å². The van der Waals surface area contributed by atoms with Crippen LogP contribution < -0.4 is 10.3 Å². The van der Waals surface area contributed by atoms with E-state index >= 15 is 0 Å². The van der Waals surface area contributed by atoms with Crippen molar-refractivity contribution in [2.24, 2.45) is 0 Å². The van der Waals surface area contributed by atoms with Crippen LogP contribution in [0.1, 0.15) is 24.6 Å². The maximum atomic E-state index is 12.7. The van der Waals surface area contributed by atoms with Gasteiger partial charge in [-0.1, -0.05) is 42.8 Å². The van der Waals surface area contributed by atoms with Crippen molar-refractivity contribution in [3.8, 4) is 17.0 Å². The highest BCUT2D eigenvalue weighted by atomic mass is 35.5. The van der Waals surface area contributed by atoms with E-state index in [0.717, 1.165) is 42.2 Å². The molecule has 0 fully saturated rings. The van der Waals surface area contributed by atoms with Crippen molar-refractivity contribution >= 4 is 17.2 Å². The monoisotopic (exact) mass is 436 g/mol. The number of nitrogens with zero attached hydrogens (tertiary/aromatic N) is 3. The second kappa shape index (κ2) is 9.37. The molecule has 2 heterocycles. The Kier molecular flexibility index (Phi) is 6.39. The van der Waals surface area contributed by atoms with E-state index in [2.05, 4.69) is 29.1 Å². The van der Waals surface area contributed by atoms with Gasteiger partial charge in [-0.15, -0.1) is 0 Å². The van der Waals surface area contributed by atoms with Gasteiger partial charge < -0.3 is 4.74 Å². The summed E-state index contributed by atoms with van der Waals surface area (Å²) in [5.41, 5.74) is 4.20. The lowest BCUT2D eigenvalue weighted by Crippen LogP contribution is -2.26. The van der Waals surface area contributed by atoms with Crippen molar-refractivity contribution in [2.75, 3.05) is 13.7 Å². The summed E-state index contributed by atoms with van der Waals surface area (Å²) in [6.45, 7) is 4.45. The maximum absolute atomic E-state index is 12.7. The highest BCUT2D eigenvalue weighted by molar-refractivity contribution is 6.30. The largest absolute Gasteiger partial charge is 0.497 e. The number of fused-ring (bicyclic) bond motifs is 1. The van der Waals surface area contributed by atoms with Gasteiger partial charge >= 0.3 is 0 Å². The summed E-state index contributed by atoms with van der Waals surface area (Å²) < 4.78 is 6.71. The van der Waals surface area contributed by atoms with E-state index in [0.29, 0.717) is 17.2 Å². The van der Waals surface area contributed by atoms with Crippen molar-refractivity contribution in [3.63, 3.8) is 0 Å². The number of rotatable bonds is 8. The van der Waals surface area contributed by atoms with Gasteiger partial charge in [0.25, 0.3) is 5.56 Å². The smallest absolute Gasteiger partial charge is 0.272 e. The molecule has 2 aromatic heterocycles. The fourth-order valence-electron chi connectivity index (χ4n) is 3.65. The first-order valence-electron chi connectivity index (χ1n) is 10.3. The molecule has 1 N–H and O–H groups in total. The van der Waals surface area contributed by atoms with Gasteiger partial charge in [0.1, 0.15) is 5.75 Å². The van der Waals surface area contributed by atoms with Crippen LogP contribution in [-0.2, 0) is 13.1 Å². The molecule has 0 saturated carbocycles. The zero-order valence-corrected chi connectivity index (χ0v) is 18.4. The normalized spacial score (nSPS) is 11.4. The van der Waals surface area contributed by atoms with Crippen LogP contribution in [0.3, 0.4) is 0 Å². The molecule has 0 unspecified atom stereocenters. The number of halogens is 1. The van der Waals surface area contributed by atoms with Crippen LogP contribution in [0.2, 0.25) is 5.02 Å². The second-order valence-electron chi connectivity index (χ2n) is 7.51. The van der Waals surface area contributed by atoms with E-state index in [-0.39, 0.29) is 5.56 Å². The Bertz CT molecular complexity index is 1210. The predicted octanol–water partition coefficient (Wildman–Crippen LogP) is 4.76. The van der Waals surface area contributed by atoms with Crippen LogP contribution >= 0.6 is 11.6 Å². The van der Waals surface area contributed by atoms with Crippen LogP contribution in [0.4, 0.5) is 0 Å². The Morgan fingerprint density at radius 1 is 1.06 bits per heavy atom. The van der Waals surface area contributed by atoms with Gasteiger partial charge in [-0.3, -0.25) is 14.8 Å². The van der Waals surface area contributed by atoms with E-state index in [1.807, 2.05) is 42.5 Å². The quantitative estimate of drug-likeness (QED) is 0.432. The molecule has 4 aromatic rings. The molecule has 0 aliphatic heterocycles. The first-order chi connectivity index (χ1) is 15.1. The molecule has 2 aromatic carbocycles. The average molecular weight is 437 g/mol. The molecule has 0 aliphatic carbocycles. The van der Waals surface area contributed by atoms with Gasteiger partial charge in [-0.25, -0.2) is 9.50 Å². The first kappa shape index (κ1) is 21.2. The van der Waals surface area contributed by atoms with Crippen molar-refractivity contribution < 1.29 is 4.74 Å². The zero-order chi connectivity index (χ0) is 21.8. The molecule has 0 spiro atoms. The van der Waals surface area contributed by atoms with E-state index in [1.54, 1.807) is 13.2 Å². The summed E-state index contributed by atoms with van der Waals surface area (Å²) in [6, 6.07) is 19.0. The molecular weight excluding hydrogens is 412 g/mol. The molecule has 4 rings (SSSR count). The van der Waals surface area contributed by atoms with Crippen molar-refractivity contribution in [1.82, 2.24) is 19.5 Å². The Balaban J connectivity index is 1.58. The van der Waals surface area contributed by atoms with Crippen LogP contribution in [0.25, 0.3) is 16.9 Å². The number of aromatic nitrogens is 3. The third-order valence-corrected chi connectivity index (χ3v) is 5.40. The zero-order valence-electron chi connectivity index (χ0n) is 17.6. The van der Waals surface area contributed by atoms with Gasteiger partial charge in [0.2, 0.25) is 0 Å². The van der Waals surface area contributed by atoms with Crippen LogP contribution in [0, 0.1) is 0 Å². The summed E-state index contributed by atoms with van der Waals surface area (Å²) in [4.78, 5) is 19.7. The number of nitrogens with one attached hydrogen (secondary N) is 1. The number of ether oxygens (including phenoxy) is 1. The van der Waals surface area contributed by atoms with Gasteiger partial charge in [0.05, 0.1) is 18.5 Å². The minimum absolute atomic E-state index is 0.124. The van der Waals surface area contributed by atoms with Gasteiger partial charge in [0.15, 0.2) is 5.65 Å². The van der Waals surface area contributed by atoms with Crippen LogP contribution in [0.5, 0.6) is 5.75 Å². The van der Waals surface area contributed by atoms with Crippen LogP contribution in [0.15, 0.2) is 65.5 Å². The van der Waals surface area contributed by atoms with Crippen molar-refractivity contribution in [3.05, 3.63) is 87.3 Å². The van der Waals surface area contributed by atoms with E-state index in [1.165, 1.54) is 10.1 Å². The highest BCUT2D eigenvalue weighted by Crippen LogP contribution is 2.21. The standard InChI is InChI=1S/C24H25ClN4O2/c1-3-12-28(15-17-4-10-21(31-2)11-5-17)16-20-13-24(30)29-23(26-20)14-22(27-29)18-6-8-19(25)9-7-18/h4-11,13-14,27H,3,12,15-16H2,1-2H3. The molecular formula is C24H25ClN4O2. The average Bonchev–Trinajstić information content (AvgIpc) is 3.20. The lowest BCUT2D eigenvalue weighted by atomic mass is 10.1. The van der Waals surface area contributed by atoms with Crippen molar-refractivity contribution in [2.45, 2.75) is 26.4 Å². The third kappa shape index (κ3) is 4.98. The summed E-state index contributed by atoms with van der Waals surface area (Å²) >= 11 is 5.98. The highest BCUT2D eigenvalue weighted by Gasteiger charge is 2.12. The first-order valence-corrected chi connectivity index (χ1v) is 10.7. The molecule has 0 atom stereocenters. The summed E-state index contributed by atoms with van der Waals surface area (Å²) in [5.74, 6) is 0.842. The number of methoxy groups -OCH3 is 1. The Labute approximate surface area is 186 Å². The lowest BCUT2D eigenvalue weighted by molar-refractivity contribution is 0.254. The number of H-pyrrole nitrogens is 1. The number of aromatic amines is 1. The van der Waals surface area contributed by atoms with E-state index < -0.39 is 0 Å². The number of hydrogen-bond acceptors (Lipinski definition) is 4. The van der Waals surface area contributed by atoms with Gasteiger partial charge in [0, 0.05) is 30.2 Å². The third-order valence-electron chi connectivity index (χ3n) is 5.15. The predicted molar refractivity (Wildman–Crippen MR) is 124 cm³/mol. The summed E-state index contributed by atoms with van der Waals surface area (Å²) in [5, 5.41) is 3.80. The number of hydrogen-bond donors (Lipinski definition) is 1. The van der Waals surface area contributed by atoms with Gasteiger partial charge in [-0.05, 0) is 48.4 Å². The van der Waals surface area contributed by atoms with Crippen molar-refractivity contribution in [1.29, 1.82) is 0 Å². The summed E-state index contributed by atoms with van der Waals surface area (Å²) in [6.07, 6.45) is 1.02. The number of benzene rings is 2. The van der Waals surface area contributed by atoms with Gasteiger partial charge in [-0.2, -0.15) is 0 Å². The molecule has 0 amide bonds. The molecule has 0 bridgehead atoms. The fraction of sp³-hybridized carbons (Fsp3) is 0.250. The topological polar surface area (TPSA) is 62.6 Å². The molecule has 0 radical (unpaired) electrons. The molecule has 0 aliphatic rings. The minimum atomic E-state index is -0.124. The Hall–Kier alpha value is -3.09. The van der Waals surface area contributed by atoms with E-state index in [9.17, 15) is 4.79 Å². The Morgan fingerprint density at radius 2 is 1.81 bits per heavy atom. The molecule has 31 heavy (non-hydrogen) atoms. The Morgan fingerprint density at radius 3 is 2.48 bits per heavy atom. The second-order valence-corrected chi connectivity index (χ2v) is 7.95. The molecule has 7 heteroatoms. The maximum Gasteiger partial charge on any atom is 0.272 e. The molecule has 6 nitrogen and oxygen atoms in total. The van der Waals surface area contributed by atoms with E-state index in [4.69, 9.17) is 21.3 Å².